The van der Waals surface area contributed by atoms with Crippen molar-refractivity contribution in [2.45, 2.75) is 75.0 Å². The molecule has 3 aliphatic heterocycles. The quantitative estimate of drug-likeness (QED) is 0.719. The predicted molar refractivity (Wildman–Crippen MR) is 99.2 cm³/mol. The van der Waals surface area contributed by atoms with E-state index in [1.165, 1.54) is 17.4 Å². The molecule has 0 amide bonds. The Balaban J connectivity index is 1.29. The van der Waals surface area contributed by atoms with Crippen LogP contribution in [0.2, 0.25) is 0 Å². The SMILES string of the molecule is O[C@H]1[C@H]([C@H]2NCCc3c2[nH]c2ccccc32)O[C@@H]2OC3(CCCCC3)O[C@@H]21. The van der Waals surface area contributed by atoms with Crippen molar-refractivity contribution in [3.05, 3.63) is 35.5 Å². The van der Waals surface area contributed by atoms with Crippen LogP contribution in [0.4, 0.5) is 0 Å². The third-order valence-corrected chi connectivity index (χ3v) is 6.76. The van der Waals surface area contributed by atoms with Gasteiger partial charge in [0.25, 0.3) is 0 Å². The van der Waals surface area contributed by atoms with Crippen molar-refractivity contribution in [1.29, 1.82) is 0 Å². The summed E-state index contributed by atoms with van der Waals surface area (Å²) in [4.78, 5) is 3.55. The maximum atomic E-state index is 11.0. The molecule has 3 N–H and O–H groups in total. The third kappa shape index (κ3) is 2.44. The van der Waals surface area contributed by atoms with Gasteiger partial charge in [0.05, 0.1) is 6.04 Å². The largest absolute Gasteiger partial charge is 0.387 e. The number of hydrogen-bond acceptors (Lipinski definition) is 5. The Morgan fingerprint density at radius 3 is 2.74 bits per heavy atom. The first-order valence-electron chi connectivity index (χ1n) is 10.3. The molecular formula is C21H26N2O4. The first-order chi connectivity index (χ1) is 13.2. The fraction of sp³-hybridized carbons (Fsp3) is 0.619. The molecule has 1 aromatic carbocycles. The summed E-state index contributed by atoms with van der Waals surface area (Å²) in [6.45, 7) is 0.868. The Bertz CT molecular complexity index is 859. The minimum atomic E-state index is -0.703. The number of fused-ring (bicyclic) bond motifs is 4. The Kier molecular flexibility index (Phi) is 3.69. The molecule has 0 bridgehead atoms. The summed E-state index contributed by atoms with van der Waals surface area (Å²) in [7, 11) is 0. The Morgan fingerprint density at radius 1 is 1.04 bits per heavy atom. The van der Waals surface area contributed by atoms with Gasteiger partial charge in [0.15, 0.2) is 12.1 Å². The lowest BCUT2D eigenvalue weighted by Crippen LogP contribution is -2.45. The van der Waals surface area contributed by atoms with Crippen molar-refractivity contribution in [2.75, 3.05) is 6.54 Å². The number of rotatable bonds is 1. The van der Waals surface area contributed by atoms with Gasteiger partial charge in [-0.3, -0.25) is 0 Å². The zero-order valence-corrected chi connectivity index (χ0v) is 15.3. The van der Waals surface area contributed by atoms with E-state index in [0.717, 1.165) is 49.9 Å². The first-order valence-corrected chi connectivity index (χ1v) is 10.3. The van der Waals surface area contributed by atoms with Gasteiger partial charge in [-0.1, -0.05) is 24.6 Å². The first kappa shape index (κ1) is 16.5. The summed E-state index contributed by atoms with van der Waals surface area (Å²) in [6.07, 6.45) is 4.27. The fourth-order valence-corrected chi connectivity index (χ4v) is 5.46. The number of aliphatic hydroxyl groups excluding tert-OH is 1. The molecule has 1 aliphatic carbocycles. The van der Waals surface area contributed by atoms with Crippen LogP contribution in [0, 0.1) is 0 Å². The van der Waals surface area contributed by atoms with Gasteiger partial charge >= 0.3 is 0 Å². The van der Waals surface area contributed by atoms with Gasteiger partial charge in [0.2, 0.25) is 0 Å². The number of para-hydroxylation sites is 1. The fourth-order valence-electron chi connectivity index (χ4n) is 5.46. The number of nitrogens with one attached hydrogen (secondary N) is 2. The van der Waals surface area contributed by atoms with Crippen molar-refractivity contribution in [3.63, 3.8) is 0 Å². The van der Waals surface area contributed by atoms with Crippen LogP contribution < -0.4 is 5.32 Å². The Morgan fingerprint density at radius 2 is 1.89 bits per heavy atom. The minimum absolute atomic E-state index is 0.0868. The maximum absolute atomic E-state index is 11.0. The van der Waals surface area contributed by atoms with Gasteiger partial charge in [0.1, 0.15) is 18.3 Å². The second-order valence-corrected chi connectivity index (χ2v) is 8.38. The average Bonchev–Trinajstić information content (AvgIpc) is 3.33. The topological polar surface area (TPSA) is 75.7 Å². The van der Waals surface area contributed by atoms with Gasteiger partial charge < -0.3 is 29.6 Å². The van der Waals surface area contributed by atoms with Crippen molar-refractivity contribution in [2.24, 2.45) is 0 Å². The molecule has 2 aromatic rings. The number of aromatic amines is 1. The Labute approximate surface area is 158 Å². The molecule has 0 radical (unpaired) electrons. The predicted octanol–water partition coefficient (Wildman–Crippen LogP) is 2.52. The third-order valence-electron chi connectivity index (χ3n) is 6.76. The molecule has 4 heterocycles. The van der Waals surface area contributed by atoms with E-state index in [-0.39, 0.29) is 12.1 Å². The molecule has 6 nitrogen and oxygen atoms in total. The lowest BCUT2D eigenvalue weighted by molar-refractivity contribution is -0.248. The van der Waals surface area contributed by atoms with E-state index in [1.54, 1.807) is 0 Å². The van der Waals surface area contributed by atoms with Gasteiger partial charge in [0, 0.05) is 29.4 Å². The number of H-pyrrole nitrogens is 1. The second-order valence-electron chi connectivity index (χ2n) is 8.38. The number of ether oxygens (including phenoxy) is 3. The summed E-state index contributed by atoms with van der Waals surface area (Å²) in [5.41, 5.74) is 3.59. The zero-order valence-electron chi connectivity index (χ0n) is 15.3. The van der Waals surface area contributed by atoms with E-state index in [1.807, 2.05) is 6.07 Å². The molecular weight excluding hydrogens is 344 g/mol. The van der Waals surface area contributed by atoms with E-state index in [0.29, 0.717) is 0 Å². The van der Waals surface area contributed by atoms with Crippen molar-refractivity contribution in [3.8, 4) is 0 Å². The molecule has 1 spiro atoms. The summed E-state index contributed by atoms with van der Waals surface area (Å²) >= 11 is 0. The van der Waals surface area contributed by atoms with E-state index < -0.39 is 24.3 Å². The van der Waals surface area contributed by atoms with Gasteiger partial charge in [-0.15, -0.1) is 0 Å². The molecule has 3 fully saturated rings. The van der Waals surface area contributed by atoms with E-state index in [9.17, 15) is 5.11 Å². The van der Waals surface area contributed by atoms with Gasteiger partial charge in [-0.2, -0.15) is 0 Å². The van der Waals surface area contributed by atoms with Crippen molar-refractivity contribution in [1.82, 2.24) is 10.3 Å². The van der Waals surface area contributed by atoms with Crippen LogP contribution in [0.1, 0.15) is 49.4 Å². The summed E-state index contributed by atoms with van der Waals surface area (Å²) < 4.78 is 18.7. The smallest absolute Gasteiger partial charge is 0.190 e. The van der Waals surface area contributed by atoms with Crippen LogP contribution in [0.15, 0.2) is 24.3 Å². The van der Waals surface area contributed by atoms with E-state index >= 15 is 0 Å². The summed E-state index contributed by atoms with van der Waals surface area (Å²) in [6, 6.07) is 8.29. The highest BCUT2D eigenvalue weighted by atomic mass is 16.8. The number of hydrogen-bond donors (Lipinski definition) is 3. The molecule has 5 atom stereocenters. The molecule has 0 unspecified atom stereocenters. The van der Waals surface area contributed by atoms with Crippen LogP contribution in [-0.2, 0) is 20.6 Å². The van der Waals surface area contributed by atoms with E-state index in [4.69, 9.17) is 14.2 Å². The maximum Gasteiger partial charge on any atom is 0.190 e. The zero-order chi connectivity index (χ0) is 18.0. The number of aliphatic hydroxyl groups is 1. The van der Waals surface area contributed by atoms with Crippen LogP contribution in [0.25, 0.3) is 10.9 Å². The number of aromatic nitrogens is 1. The summed E-state index contributed by atoms with van der Waals surface area (Å²) in [5.74, 6) is -0.536. The van der Waals surface area contributed by atoms with Crippen LogP contribution in [-0.4, -0.2) is 47.0 Å². The Hall–Kier alpha value is -1.44. The van der Waals surface area contributed by atoms with Crippen LogP contribution >= 0.6 is 0 Å². The lowest BCUT2D eigenvalue weighted by atomic mass is 9.92. The molecule has 6 rings (SSSR count). The molecule has 6 heteroatoms. The lowest BCUT2D eigenvalue weighted by Gasteiger charge is -2.35. The molecule has 144 valence electrons. The standard InChI is InChI=1S/C21H26N2O4/c24-17-18(25-20-19(17)26-21(27-20)9-4-1-5-10-21)16-15-13(8-11-22-16)12-6-2-3-7-14(12)23-15/h2-3,6-7,16-20,22-24H,1,4-5,8-11H2/t16-,17-,18-,19+,20+/m0/s1. The minimum Gasteiger partial charge on any atom is -0.387 e. The average molecular weight is 370 g/mol. The van der Waals surface area contributed by atoms with Gasteiger partial charge in [-0.05, 0) is 37.4 Å². The molecule has 4 aliphatic rings. The molecule has 27 heavy (non-hydrogen) atoms. The highest BCUT2D eigenvalue weighted by Crippen LogP contribution is 2.47. The normalized spacial score (nSPS) is 37.6. The number of benzene rings is 1. The van der Waals surface area contributed by atoms with E-state index in [2.05, 4.69) is 28.5 Å². The monoisotopic (exact) mass is 370 g/mol. The molecule has 1 aromatic heterocycles. The summed E-state index contributed by atoms with van der Waals surface area (Å²) in [5, 5.41) is 15.8. The van der Waals surface area contributed by atoms with Crippen molar-refractivity contribution >= 4 is 10.9 Å². The van der Waals surface area contributed by atoms with Crippen LogP contribution in [0.5, 0.6) is 0 Å². The van der Waals surface area contributed by atoms with Crippen LogP contribution in [0.3, 0.4) is 0 Å². The van der Waals surface area contributed by atoms with Crippen molar-refractivity contribution < 1.29 is 19.3 Å². The highest BCUT2D eigenvalue weighted by Gasteiger charge is 2.59. The molecule has 2 saturated heterocycles. The van der Waals surface area contributed by atoms with Gasteiger partial charge in [-0.25, -0.2) is 0 Å². The second kappa shape index (κ2) is 6.03. The molecule has 1 saturated carbocycles. The highest BCUT2D eigenvalue weighted by molar-refractivity contribution is 5.85.